The van der Waals surface area contributed by atoms with Crippen molar-refractivity contribution in [3.8, 4) is 0 Å². The number of hydrogen-bond donors (Lipinski definition) is 1. The third-order valence-corrected chi connectivity index (χ3v) is 3.33. The van der Waals surface area contributed by atoms with E-state index in [0.29, 0.717) is 15.5 Å². The second-order valence-corrected chi connectivity index (χ2v) is 5.17. The van der Waals surface area contributed by atoms with E-state index in [0.717, 1.165) is 12.0 Å². The van der Waals surface area contributed by atoms with Crippen LogP contribution in [0.15, 0.2) is 27.2 Å². The maximum Gasteiger partial charge on any atom is 0.216 e. The zero-order valence-electron chi connectivity index (χ0n) is 9.27. The van der Waals surface area contributed by atoms with Crippen molar-refractivity contribution in [1.29, 1.82) is 0 Å². The molecule has 1 aromatic carbocycles. The number of hydrogen-bond acceptors (Lipinski definition) is 1. The van der Waals surface area contributed by atoms with Crippen LogP contribution in [0.3, 0.4) is 0 Å². The fourth-order valence-electron chi connectivity index (χ4n) is 1.25. The van der Waals surface area contributed by atoms with Crippen molar-refractivity contribution in [2.75, 3.05) is 6.54 Å². The smallest absolute Gasteiger partial charge is 0.216 e. The van der Waals surface area contributed by atoms with Crippen LogP contribution in [0, 0.1) is 5.82 Å². The van der Waals surface area contributed by atoms with Gasteiger partial charge in [-0.05, 0) is 18.6 Å². The number of rotatable bonds is 4. The second kappa shape index (κ2) is 6.91. The highest BCUT2D eigenvalue weighted by atomic mass is 79.9. The van der Waals surface area contributed by atoms with Gasteiger partial charge < -0.3 is 5.32 Å². The summed E-state index contributed by atoms with van der Waals surface area (Å²) in [5, 5.41) is 2.70. The molecule has 0 aliphatic carbocycles. The van der Waals surface area contributed by atoms with E-state index in [-0.39, 0.29) is 11.7 Å². The molecule has 0 radical (unpaired) electrons. The maximum atomic E-state index is 13.0. The second-order valence-electron chi connectivity index (χ2n) is 3.46. The molecule has 0 saturated heterocycles. The van der Waals surface area contributed by atoms with Gasteiger partial charge in [0.2, 0.25) is 5.91 Å². The largest absolute Gasteiger partial charge is 0.356 e. The van der Waals surface area contributed by atoms with Crippen LogP contribution in [0.25, 0.3) is 6.08 Å². The first-order chi connectivity index (χ1) is 8.00. The van der Waals surface area contributed by atoms with Crippen molar-refractivity contribution in [1.82, 2.24) is 5.32 Å². The summed E-state index contributed by atoms with van der Waals surface area (Å²) in [5.74, 6) is -0.332. The first kappa shape index (κ1) is 14.4. The van der Waals surface area contributed by atoms with Crippen molar-refractivity contribution < 1.29 is 9.18 Å². The summed E-state index contributed by atoms with van der Waals surface area (Å²) in [6, 6.07) is 2.83. The third kappa shape index (κ3) is 5.00. The van der Waals surface area contributed by atoms with Crippen molar-refractivity contribution in [3.63, 3.8) is 0 Å². The predicted octanol–water partition coefficient (Wildman–Crippen LogP) is 3.89. The number of benzene rings is 1. The summed E-state index contributed by atoms with van der Waals surface area (Å²) < 4.78 is 14.4. The van der Waals surface area contributed by atoms with Gasteiger partial charge in [0.15, 0.2) is 0 Å². The first-order valence-electron chi connectivity index (χ1n) is 5.06. The third-order valence-electron chi connectivity index (χ3n) is 2.01. The quantitative estimate of drug-likeness (QED) is 0.807. The van der Waals surface area contributed by atoms with Crippen molar-refractivity contribution in [2.24, 2.45) is 0 Å². The number of carbonyl (C=O) groups excluding carboxylic acids is 1. The minimum absolute atomic E-state index is 0.0393. The molecule has 1 rings (SSSR count). The van der Waals surface area contributed by atoms with Gasteiger partial charge in [0.25, 0.3) is 0 Å². The standard InChI is InChI=1S/C12H12Br2FNO/c1-8(17)16-5-3-2-4-10-11(13)6-9(15)7-12(10)14/h2,4,6-7H,3,5H2,1H3,(H,16,17). The molecule has 2 nitrogen and oxygen atoms in total. The molecule has 0 saturated carbocycles. The van der Waals surface area contributed by atoms with Crippen LogP contribution in [0.5, 0.6) is 0 Å². The summed E-state index contributed by atoms with van der Waals surface area (Å²) in [6.45, 7) is 2.08. The average Bonchev–Trinajstić information content (AvgIpc) is 2.20. The van der Waals surface area contributed by atoms with Crippen molar-refractivity contribution >= 4 is 43.8 Å². The van der Waals surface area contributed by atoms with E-state index < -0.39 is 0 Å². The van der Waals surface area contributed by atoms with Gasteiger partial charge in [-0.15, -0.1) is 0 Å². The maximum absolute atomic E-state index is 13.0. The highest BCUT2D eigenvalue weighted by molar-refractivity contribution is 9.11. The summed E-state index contributed by atoms with van der Waals surface area (Å²) in [5.41, 5.74) is 0.884. The molecule has 0 spiro atoms. The van der Waals surface area contributed by atoms with E-state index >= 15 is 0 Å². The molecule has 0 fully saturated rings. The lowest BCUT2D eigenvalue weighted by atomic mass is 10.2. The Morgan fingerprint density at radius 2 is 2.00 bits per heavy atom. The molecule has 92 valence electrons. The molecule has 0 unspecified atom stereocenters. The molecule has 0 bridgehead atoms. The fraction of sp³-hybridized carbons (Fsp3) is 0.250. The first-order valence-corrected chi connectivity index (χ1v) is 6.65. The number of carbonyl (C=O) groups is 1. The Balaban J connectivity index is 2.62. The lowest BCUT2D eigenvalue weighted by Gasteiger charge is -2.03. The van der Waals surface area contributed by atoms with Crippen LogP contribution in [-0.4, -0.2) is 12.5 Å². The monoisotopic (exact) mass is 363 g/mol. The van der Waals surface area contributed by atoms with Crippen LogP contribution in [0.1, 0.15) is 18.9 Å². The van der Waals surface area contributed by atoms with Gasteiger partial charge in [0.1, 0.15) is 5.82 Å². The van der Waals surface area contributed by atoms with Crippen molar-refractivity contribution in [3.05, 3.63) is 38.5 Å². The Morgan fingerprint density at radius 1 is 1.41 bits per heavy atom. The summed E-state index contributed by atoms with van der Waals surface area (Å²) in [6.07, 6.45) is 4.55. The van der Waals surface area contributed by atoms with Crippen LogP contribution in [0.4, 0.5) is 4.39 Å². The van der Waals surface area contributed by atoms with Crippen LogP contribution in [-0.2, 0) is 4.79 Å². The van der Waals surface area contributed by atoms with Gasteiger partial charge in [-0.25, -0.2) is 4.39 Å². The lowest BCUT2D eigenvalue weighted by Crippen LogP contribution is -2.20. The van der Waals surface area contributed by atoms with E-state index in [2.05, 4.69) is 37.2 Å². The Hall–Kier alpha value is -0.680. The molecule has 0 aliphatic heterocycles. The summed E-state index contributed by atoms with van der Waals surface area (Å²) in [7, 11) is 0. The normalized spacial score (nSPS) is 10.8. The van der Waals surface area contributed by atoms with E-state index in [4.69, 9.17) is 0 Å². The summed E-state index contributed by atoms with van der Waals surface area (Å²) in [4.78, 5) is 10.6. The highest BCUT2D eigenvalue weighted by Gasteiger charge is 2.04. The zero-order valence-corrected chi connectivity index (χ0v) is 12.4. The Morgan fingerprint density at radius 3 is 2.53 bits per heavy atom. The molecule has 0 aliphatic rings. The molecular weight excluding hydrogens is 353 g/mol. The molecule has 0 heterocycles. The Bertz CT molecular complexity index is 423. The molecule has 0 aromatic heterocycles. The van der Waals surface area contributed by atoms with E-state index in [1.54, 1.807) is 0 Å². The molecule has 0 atom stereocenters. The molecule has 1 amide bonds. The van der Waals surface area contributed by atoms with Gasteiger partial charge in [-0.2, -0.15) is 0 Å². The Labute approximate surface area is 117 Å². The van der Waals surface area contributed by atoms with Gasteiger partial charge >= 0.3 is 0 Å². The SMILES string of the molecule is CC(=O)NCCC=Cc1c(Br)cc(F)cc1Br. The van der Waals surface area contributed by atoms with Crippen LogP contribution >= 0.6 is 31.9 Å². The van der Waals surface area contributed by atoms with Gasteiger partial charge in [-0.3, -0.25) is 4.79 Å². The predicted molar refractivity (Wildman–Crippen MR) is 74.1 cm³/mol. The minimum Gasteiger partial charge on any atom is -0.356 e. The zero-order chi connectivity index (χ0) is 12.8. The van der Waals surface area contributed by atoms with Gasteiger partial charge in [-0.1, -0.05) is 44.0 Å². The lowest BCUT2D eigenvalue weighted by molar-refractivity contribution is -0.118. The molecule has 5 heteroatoms. The minimum atomic E-state index is -0.292. The number of amides is 1. The van der Waals surface area contributed by atoms with Crippen LogP contribution in [0.2, 0.25) is 0 Å². The molecule has 17 heavy (non-hydrogen) atoms. The molecular formula is C12H12Br2FNO. The fourth-order valence-corrected chi connectivity index (χ4v) is 2.64. The van der Waals surface area contributed by atoms with Crippen LogP contribution < -0.4 is 5.32 Å². The average molecular weight is 365 g/mol. The topological polar surface area (TPSA) is 29.1 Å². The van der Waals surface area contributed by atoms with E-state index in [1.807, 2.05) is 12.2 Å². The van der Waals surface area contributed by atoms with Crippen molar-refractivity contribution in [2.45, 2.75) is 13.3 Å². The number of nitrogens with one attached hydrogen (secondary N) is 1. The van der Waals surface area contributed by atoms with Gasteiger partial charge in [0, 0.05) is 28.0 Å². The van der Waals surface area contributed by atoms with Gasteiger partial charge in [0.05, 0.1) is 0 Å². The highest BCUT2D eigenvalue weighted by Crippen LogP contribution is 2.28. The van der Waals surface area contributed by atoms with E-state index in [1.165, 1.54) is 19.1 Å². The molecule has 1 aromatic rings. The Kier molecular flexibility index (Phi) is 5.85. The summed E-state index contributed by atoms with van der Waals surface area (Å²) >= 11 is 6.60. The molecule has 1 N–H and O–H groups in total. The van der Waals surface area contributed by atoms with E-state index in [9.17, 15) is 9.18 Å². The number of halogens is 3.